The van der Waals surface area contributed by atoms with Crippen molar-refractivity contribution >= 4 is 72.8 Å². The number of aryl methyl sites for hydroxylation is 1. The molecule has 3 aliphatic heterocycles. The molecule has 6 heterocycles. The van der Waals surface area contributed by atoms with Gasteiger partial charge in [0.05, 0.1) is 34.0 Å². The molecule has 0 aliphatic carbocycles. The second-order valence-electron chi connectivity index (χ2n) is 21.7. The summed E-state index contributed by atoms with van der Waals surface area (Å²) < 4.78 is 9.27. The number of nitrogens with one attached hydrogen (secondary N) is 2. The topological polar surface area (TPSA) is 175 Å². The van der Waals surface area contributed by atoms with E-state index >= 15 is 0 Å². The Kier molecular flexibility index (Phi) is 15.5. The number of piperazine rings is 1. The highest BCUT2D eigenvalue weighted by molar-refractivity contribution is 7.22. The summed E-state index contributed by atoms with van der Waals surface area (Å²) in [5.41, 5.74) is 9.05. The first-order valence-electron chi connectivity index (χ1n) is 27.0. The molecular weight excluding hydrogens is 975 g/mol. The van der Waals surface area contributed by atoms with Gasteiger partial charge in [-0.2, -0.15) is 5.10 Å². The van der Waals surface area contributed by atoms with Crippen LogP contribution in [0.15, 0.2) is 84.9 Å². The zero-order valence-electron chi connectivity index (χ0n) is 44.4. The third-order valence-electron chi connectivity index (χ3n) is 15.5. The Labute approximate surface area is 448 Å². The fourth-order valence-electron chi connectivity index (χ4n) is 11.2. The highest BCUT2D eigenvalue weighted by Gasteiger charge is 2.33. The van der Waals surface area contributed by atoms with Crippen molar-refractivity contribution in [3.05, 3.63) is 124 Å². The summed E-state index contributed by atoms with van der Waals surface area (Å²) in [6.07, 6.45) is 9.53. The van der Waals surface area contributed by atoms with Gasteiger partial charge in [0.25, 0.3) is 5.91 Å². The number of benzene rings is 4. The van der Waals surface area contributed by atoms with E-state index in [-0.39, 0.29) is 23.4 Å². The predicted octanol–water partition coefficient (Wildman–Crippen LogP) is 10.8. The van der Waals surface area contributed by atoms with Crippen molar-refractivity contribution in [2.24, 2.45) is 7.05 Å². The molecule has 76 heavy (non-hydrogen) atoms. The third kappa shape index (κ3) is 11.3. The van der Waals surface area contributed by atoms with E-state index in [2.05, 4.69) is 75.4 Å². The second-order valence-corrected chi connectivity index (χ2v) is 22.7. The largest absolute Gasteiger partial charge is 0.493 e. The molecule has 15 nitrogen and oxygen atoms in total. The molecule has 4 aromatic carbocycles. The lowest BCUT2D eigenvalue weighted by Gasteiger charge is -2.36. The van der Waals surface area contributed by atoms with Crippen LogP contribution in [0, 0.1) is 6.92 Å². The maximum absolute atomic E-state index is 13.8. The van der Waals surface area contributed by atoms with E-state index in [0.717, 1.165) is 112 Å². The van der Waals surface area contributed by atoms with Crippen molar-refractivity contribution in [3.8, 4) is 16.9 Å². The molecule has 1 unspecified atom stereocenters. The van der Waals surface area contributed by atoms with Crippen LogP contribution in [0.3, 0.4) is 0 Å². The van der Waals surface area contributed by atoms with Gasteiger partial charge in [-0.15, -0.1) is 0 Å². The Morgan fingerprint density at radius 2 is 1.61 bits per heavy atom. The van der Waals surface area contributed by atoms with Crippen molar-refractivity contribution in [1.82, 2.24) is 30.0 Å². The number of aromatic nitrogens is 4. The number of imide groups is 1. The Morgan fingerprint density at radius 3 is 2.37 bits per heavy atom. The number of ether oxygens (including phenoxy) is 1. The van der Waals surface area contributed by atoms with Gasteiger partial charge in [0.15, 0.2) is 10.8 Å². The van der Waals surface area contributed by atoms with Crippen molar-refractivity contribution in [1.29, 1.82) is 0 Å². The summed E-state index contributed by atoms with van der Waals surface area (Å²) in [5, 5.41) is 22.6. The van der Waals surface area contributed by atoms with Crippen LogP contribution in [0.25, 0.3) is 32.2 Å². The number of unbranched alkanes of at least 4 members (excludes halogenated alkanes) is 6. The fourth-order valence-corrected chi connectivity index (χ4v) is 12.1. The molecule has 2 fully saturated rings. The summed E-state index contributed by atoms with van der Waals surface area (Å²) in [6, 6.07) is 28.0. The van der Waals surface area contributed by atoms with E-state index < -0.39 is 17.3 Å². The molecule has 3 aromatic heterocycles. The summed E-state index contributed by atoms with van der Waals surface area (Å²) in [7, 11) is 1.92. The number of carboxylic acids is 1. The Hall–Kier alpha value is -7.17. The van der Waals surface area contributed by atoms with Crippen molar-refractivity contribution in [2.75, 3.05) is 61.0 Å². The molecule has 3 amide bonds. The SMILES string of the molecule is Cc1c(OCCCCCCCCCN2CCN(c3ccc4c(C5CCC(=O)NC5=O)nn(C)c4c3)CC2)cccc1-c1c(C(C)(C)C)cc(N2CCc3cccc(C(=O)Nc4nc5ccccc5s4)c3C2)nc1C(=O)O. The number of nitrogens with zero attached hydrogens (tertiary/aromatic N) is 7. The lowest BCUT2D eigenvalue weighted by atomic mass is 9.80. The molecule has 0 radical (unpaired) electrons. The first-order chi connectivity index (χ1) is 36.7. The summed E-state index contributed by atoms with van der Waals surface area (Å²) in [4.78, 5) is 68.0. The van der Waals surface area contributed by atoms with Crippen LogP contribution in [0.1, 0.15) is 133 Å². The number of hydrogen-bond acceptors (Lipinski definition) is 12. The minimum absolute atomic E-state index is 0.00121. The second kappa shape index (κ2) is 22.6. The van der Waals surface area contributed by atoms with E-state index in [1.54, 1.807) is 0 Å². The average molecular weight is 1040 g/mol. The maximum atomic E-state index is 13.8. The van der Waals surface area contributed by atoms with Crippen LogP contribution >= 0.6 is 11.3 Å². The fraction of sp³-hybridized carbons (Fsp3) is 0.417. The van der Waals surface area contributed by atoms with Crippen LogP contribution in [-0.4, -0.2) is 99.3 Å². The number of para-hydroxylation sites is 1. The summed E-state index contributed by atoms with van der Waals surface area (Å²) >= 11 is 1.44. The Morgan fingerprint density at radius 1 is 0.842 bits per heavy atom. The Bertz CT molecular complexity index is 3280. The number of amides is 3. The highest BCUT2D eigenvalue weighted by Crippen LogP contribution is 2.42. The first-order valence-corrected chi connectivity index (χ1v) is 27.8. The zero-order chi connectivity index (χ0) is 53.1. The third-order valence-corrected chi connectivity index (χ3v) is 16.4. The van der Waals surface area contributed by atoms with Gasteiger partial charge in [-0.25, -0.2) is 14.8 Å². The van der Waals surface area contributed by atoms with E-state index in [1.165, 1.54) is 42.7 Å². The van der Waals surface area contributed by atoms with Gasteiger partial charge in [-0.1, -0.05) is 101 Å². The molecule has 7 aromatic rings. The Balaban J connectivity index is 0.691. The number of carbonyl (C=O) groups excluding carboxylic acids is 3. The first kappa shape index (κ1) is 52.3. The number of pyridine rings is 1. The lowest BCUT2D eigenvalue weighted by molar-refractivity contribution is -0.134. The van der Waals surface area contributed by atoms with E-state index in [1.807, 2.05) is 79.3 Å². The molecule has 0 bridgehead atoms. The number of carboxylic acid groups (broad SMARTS) is 1. The molecule has 10 rings (SSSR count). The standard InChI is InChI=1S/C60H69N9O6S/c1-38-41(53-46(60(2,3)4)36-51(62-55(53)58(73)74)69-29-27-39-17-15-19-42(45(39)37-69)56(71)64-59-61-47-20-11-12-22-50(47)76-59)18-16-21-49(38)75-34-14-10-8-6-7-9-13-28-67-30-32-68(33-31-67)40-23-24-43-48(35-40)66(5)65-54(43)44-25-26-52(70)63-57(44)72/h11-12,15-24,35-36,44H,6-10,13-14,25-34,37H2,1-5H3,(H,73,74)(H,61,64,71)(H,63,70,72). The number of aromatic carboxylic acids is 1. The molecule has 0 spiro atoms. The van der Waals surface area contributed by atoms with Crippen LogP contribution in [0.2, 0.25) is 0 Å². The molecule has 3 aliphatic rings. The molecule has 3 N–H and O–H groups in total. The van der Waals surface area contributed by atoms with E-state index in [4.69, 9.17) is 14.8 Å². The van der Waals surface area contributed by atoms with E-state index in [0.29, 0.717) is 61.0 Å². The number of thiazole rings is 1. The minimum atomic E-state index is -1.10. The van der Waals surface area contributed by atoms with Gasteiger partial charge in [-0.05, 0) is 121 Å². The molecule has 1 atom stereocenters. The average Bonchev–Trinajstić information content (AvgIpc) is 3.99. The van der Waals surface area contributed by atoms with Gasteiger partial charge in [0.2, 0.25) is 11.8 Å². The normalized spacial score (nSPS) is 16.3. The van der Waals surface area contributed by atoms with Gasteiger partial charge >= 0.3 is 5.97 Å². The van der Waals surface area contributed by atoms with Crippen molar-refractivity contribution in [3.63, 3.8) is 0 Å². The monoisotopic (exact) mass is 1040 g/mol. The molecule has 396 valence electrons. The van der Waals surface area contributed by atoms with Crippen molar-refractivity contribution < 1.29 is 29.0 Å². The van der Waals surface area contributed by atoms with Gasteiger partial charge in [0.1, 0.15) is 11.6 Å². The number of hydrogen-bond donors (Lipinski definition) is 3. The number of piperidine rings is 1. The molecule has 2 saturated heterocycles. The summed E-state index contributed by atoms with van der Waals surface area (Å²) in [6.45, 7) is 15.0. The highest BCUT2D eigenvalue weighted by atomic mass is 32.1. The molecular formula is C60H69N9O6S. The van der Waals surface area contributed by atoms with Crippen LogP contribution in [0.5, 0.6) is 5.75 Å². The smallest absolute Gasteiger partial charge is 0.355 e. The quantitative estimate of drug-likeness (QED) is 0.0549. The number of anilines is 3. The predicted molar refractivity (Wildman–Crippen MR) is 301 cm³/mol. The van der Waals surface area contributed by atoms with Crippen LogP contribution in [-0.2, 0) is 35.0 Å². The molecule has 16 heteroatoms. The van der Waals surface area contributed by atoms with Gasteiger partial charge < -0.3 is 19.6 Å². The number of carbonyl (C=O) groups is 4. The van der Waals surface area contributed by atoms with Crippen LogP contribution in [0.4, 0.5) is 16.6 Å². The summed E-state index contributed by atoms with van der Waals surface area (Å²) in [5.74, 6) is -0.880. The van der Waals surface area contributed by atoms with Gasteiger partial charge in [-0.3, -0.25) is 34.6 Å². The maximum Gasteiger partial charge on any atom is 0.355 e. The number of fused-ring (bicyclic) bond motifs is 3. The van der Waals surface area contributed by atoms with E-state index in [9.17, 15) is 24.3 Å². The molecule has 0 saturated carbocycles. The zero-order valence-corrected chi connectivity index (χ0v) is 45.2. The van der Waals surface area contributed by atoms with Gasteiger partial charge in [0, 0.05) is 74.9 Å². The van der Waals surface area contributed by atoms with Crippen LogP contribution < -0.4 is 25.2 Å². The number of rotatable bonds is 18. The van der Waals surface area contributed by atoms with Crippen molar-refractivity contribution in [2.45, 2.75) is 110 Å². The minimum Gasteiger partial charge on any atom is -0.493 e. The lowest BCUT2D eigenvalue weighted by Crippen LogP contribution is -2.46.